The number of aliphatic imine (C=N–C) groups is 1. The molecule has 20 heavy (non-hydrogen) atoms. The lowest BCUT2D eigenvalue weighted by Crippen LogP contribution is -2.45. The van der Waals surface area contributed by atoms with Crippen molar-refractivity contribution in [2.45, 2.75) is 45.8 Å². The van der Waals surface area contributed by atoms with Crippen molar-refractivity contribution in [2.24, 2.45) is 4.99 Å². The molecule has 0 amide bonds. The monoisotopic (exact) mass is 275 g/mol. The fourth-order valence-electron chi connectivity index (χ4n) is 2.57. The number of guanidine groups is 1. The molecule has 0 aromatic heterocycles. The summed E-state index contributed by atoms with van der Waals surface area (Å²) in [5.41, 5.74) is 1.03. The molecule has 0 radical (unpaired) electrons. The summed E-state index contributed by atoms with van der Waals surface area (Å²) in [6.07, 6.45) is 0.915. The normalized spacial score (nSPS) is 20.8. The molecule has 2 rings (SSSR count). The Balaban J connectivity index is 2.24. The number of benzene rings is 1. The molecule has 110 valence electrons. The number of rotatable bonds is 3. The zero-order valence-corrected chi connectivity index (χ0v) is 12.9. The van der Waals surface area contributed by atoms with Crippen LogP contribution in [0.2, 0.25) is 0 Å². The van der Waals surface area contributed by atoms with Gasteiger partial charge in [0.1, 0.15) is 11.4 Å². The minimum atomic E-state index is -0.171. The number of ether oxygens (including phenoxy) is 1. The van der Waals surface area contributed by atoms with Crippen molar-refractivity contribution >= 4 is 5.96 Å². The van der Waals surface area contributed by atoms with Crippen molar-refractivity contribution in [3.05, 3.63) is 29.8 Å². The zero-order valence-electron chi connectivity index (χ0n) is 12.9. The molecule has 1 heterocycles. The van der Waals surface area contributed by atoms with Gasteiger partial charge in [-0.15, -0.1) is 0 Å². The van der Waals surface area contributed by atoms with E-state index >= 15 is 0 Å². The first-order chi connectivity index (χ1) is 9.55. The van der Waals surface area contributed by atoms with E-state index in [9.17, 15) is 0 Å². The van der Waals surface area contributed by atoms with Gasteiger partial charge in [-0.1, -0.05) is 18.2 Å². The van der Waals surface area contributed by atoms with Crippen molar-refractivity contribution in [2.75, 3.05) is 13.1 Å². The maximum atomic E-state index is 6.05. The van der Waals surface area contributed by atoms with Gasteiger partial charge in [0, 0.05) is 25.1 Å². The third-order valence-corrected chi connectivity index (χ3v) is 3.35. The molecule has 1 unspecified atom stereocenters. The average Bonchev–Trinajstić information content (AvgIpc) is 2.38. The topological polar surface area (TPSA) is 45.7 Å². The zero-order chi connectivity index (χ0) is 14.6. The predicted octanol–water partition coefficient (Wildman–Crippen LogP) is 2.86. The lowest BCUT2D eigenvalue weighted by atomic mass is 9.90. The second-order valence-electron chi connectivity index (χ2n) is 5.65. The highest BCUT2D eigenvalue weighted by atomic mass is 16.5. The SMILES string of the molecule is CCN=C(NCC)NC1CC(C)(C)Oc2ccccc21. The van der Waals surface area contributed by atoms with Gasteiger partial charge in [-0.2, -0.15) is 0 Å². The van der Waals surface area contributed by atoms with Crippen molar-refractivity contribution in [3.63, 3.8) is 0 Å². The van der Waals surface area contributed by atoms with Crippen LogP contribution in [0, 0.1) is 0 Å². The highest BCUT2D eigenvalue weighted by Crippen LogP contribution is 2.39. The Morgan fingerprint density at radius 3 is 2.80 bits per heavy atom. The number of nitrogens with one attached hydrogen (secondary N) is 2. The first-order valence-corrected chi connectivity index (χ1v) is 7.38. The number of para-hydroxylation sites is 1. The molecule has 0 spiro atoms. The van der Waals surface area contributed by atoms with Gasteiger partial charge in [0.05, 0.1) is 6.04 Å². The van der Waals surface area contributed by atoms with Gasteiger partial charge in [-0.05, 0) is 33.8 Å². The van der Waals surface area contributed by atoms with E-state index in [-0.39, 0.29) is 11.6 Å². The minimum Gasteiger partial charge on any atom is -0.487 e. The second kappa shape index (κ2) is 6.16. The summed E-state index contributed by atoms with van der Waals surface area (Å²) in [5, 5.41) is 6.82. The largest absolute Gasteiger partial charge is 0.487 e. The number of hydrogen-bond donors (Lipinski definition) is 2. The Morgan fingerprint density at radius 2 is 2.10 bits per heavy atom. The molecule has 1 aliphatic rings. The summed E-state index contributed by atoms with van der Waals surface area (Å²) in [6, 6.07) is 8.45. The van der Waals surface area contributed by atoms with Crippen molar-refractivity contribution in [1.29, 1.82) is 0 Å². The lowest BCUT2D eigenvalue weighted by molar-refractivity contribution is 0.0694. The number of hydrogen-bond acceptors (Lipinski definition) is 2. The molecule has 0 bridgehead atoms. The summed E-state index contributed by atoms with van der Waals surface area (Å²) >= 11 is 0. The van der Waals surface area contributed by atoms with Crippen LogP contribution in [0.1, 0.15) is 45.7 Å². The van der Waals surface area contributed by atoms with Crippen LogP contribution in [-0.4, -0.2) is 24.7 Å². The number of nitrogens with zero attached hydrogens (tertiary/aromatic N) is 1. The Kier molecular flexibility index (Phi) is 4.53. The molecule has 4 heteroatoms. The third kappa shape index (κ3) is 3.44. The summed E-state index contributed by atoms with van der Waals surface area (Å²) in [7, 11) is 0. The molecule has 0 aliphatic carbocycles. The van der Waals surface area contributed by atoms with E-state index < -0.39 is 0 Å². The van der Waals surface area contributed by atoms with Crippen LogP contribution < -0.4 is 15.4 Å². The van der Waals surface area contributed by atoms with Gasteiger partial charge in [0.2, 0.25) is 0 Å². The summed E-state index contributed by atoms with van der Waals surface area (Å²) in [4.78, 5) is 4.48. The Hall–Kier alpha value is -1.71. The lowest BCUT2D eigenvalue weighted by Gasteiger charge is -2.38. The standard InChI is InChI=1S/C16H25N3O/c1-5-17-15(18-6-2)19-13-11-16(3,4)20-14-10-8-7-9-12(13)14/h7-10,13H,5-6,11H2,1-4H3,(H2,17,18,19). The molecule has 0 saturated carbocycles. The first-order valence-electron chi connectivity index (χ1n) is 7.38. The fourth-order valence-corrected chi connectivity index (χ4v) is 2.57. The Bertz CT molecular complexity index is 482. The molecular weight excluding hydrogens is 250 g/mol. The van der Waals surface area contributed by atoms with Crippen LogP contribution in [0.5, 0.6) is 5.75 Å². The molecule has 4 nitrogen and oxygen atoms in total. The smallest absolute Gasteiger partial charge is 0.191 e. The van der Waals surface area contributed by atoms with Crippen LogP contribution in [0.4, 0.5) is 0 Å². The van der Waals surface area contributed by atoms with Crippen LogP contribution in [0.15, 0.2) is 29.3 Å². The van der Waals surface area contributed by atoms with E-state index in [4.69, 9.17) is 4.74 Å². The van der Waals surface area contributed by atoms with Crippen molar-refractivity contribution < 1.29 is 4.74 Å². The molecule has 1 aromatic carbocycles. The van der Waals surface area contributed by atoms with Crippen LogP contribution in [0.25, 0.3) is 0 Å². The van der Waals surface area contributed by atoms with Crippen LogP contribution >= 0.6 is 0 Å². The highest BCUT2D eigenvalue weighted by molar-refractivity contribution is 5.80. The fraction of sp³-hybridized carbons (Fsp3) is 0.562. The molecular formula is C16H25N3O. The highest BCUT2D eigenvalue weighted by Gasteiger charge is 2.33. The molecule has 0 saturated heterocycles. The molecule has 1 aromatic rings. The van der Waals surface area contributed by atoms with E-state index in [0.717, 1.165) is 31.2 Å². The van der Waals surface area contributed by atoms with Crippen LogP contribution in [-0.2, 0) is 0 Å². The average molecular weight is 275 g/mol. The van der Waals surface area contributed by atoms with Gasteiger partial charge >= 0.3 is 0 Å². The Labute approximate surface area is 121 Å². The molecule has 2 N–H and O–H groups in total. The van der Waals surface area contributed by atoms with Gasteiger partial charge < -0.3 is 15.4 Å². The third-order valence-electron chi connectivity index (χ3n) is 3.35. The van der Waals surface area contributed by atoms with E-state index in [2.05, 4.69) is 48.5 Å². The maximum absolute atomic E-state index is 6.05. The maximum Gasteiger partial charge on any atom is 0.191 e. The minimum absolute atomic E-state index is 0.171. The van der Waals surface area contributed by atoms with Crippen LogP contribution in [0.3, 0.4) is 0 Å². The Morgan fingerprint density at radius 1 is 1.35 bits per heavy atom. The molecule has 1 aliphatic heterocycles. The van der Waals surface area contributed by atoms with Crippen molar-refractivity contribution in [1.82, 2.24) is 10.6 Å². The van der Waals surface area contributed by atoms with E-state index in [1.807, 2.05) is 19.1 Å². The summed E-state index contributed by atoms with van der Waals surface area (Å²) in [5.74, 6) is 1.83. The summed E-state index contributed by atoms with van der Waals surface area (Å²) < 4.78 is 6.05. The van der Waals surface area contributed by atoms with Gasteiger partial charge in [0.15, 0.2) is 5.96 Å². The van der Waals surface area contributed by atoms with E-state index in [1.54, 1.807) is 0 Å². The number of fused-ring (bicyclic) bond motifs is 1. The van der Waals surface area contributed by atoms with Gasteiger partial charge in [-0.25, -0.2) is 0 Å². The van der Waals surface area contributed by atoms with Gasteiger partial charge in [-0.3, -0.25) is 4.99 Å². The summed E-state index contributed by atoms with van der Waals surface area (Å²) in [6.45, 7) is 10.0. The molecule has 0 fully saturated rings. The van der Waals surface area contributed by atoms with E-state index in [1.165, 1.54) is 5.56 Å². The van der Waals surface area contributed by atoms with Crippen molar-refractivity contribution in [3.8, 4) is 5.75 Å². The predicted molar refractivity (Wildman–Crippen MR) is 83.3 cm³/mol. The quantitative estimate of drug-likeness (QED) is 0.658. The van der Waals surface area contributed by atoms with E-state index in [0.29, 0.717) is 0 Å². The van der Waals surface area contributed by atoms with Gasteiger partial charge in [0.25, 0.3) is 0 Å². The molecule has 1 atom stereocenters. The second-order valence-corrected chi connectivity index (χ2v) is 5.65. The first kappa shape index (κ1) is 14.7.